The van der Waals surface area contributed by atoms with Crippen LogP contribution in [-0.2, 0) is 15.8 Å². The summed E-state index contributed by atoms with van der Waals surface area (Å²) in [4.78, 5) is 9.91. The molecule has 1 aromatic rings. The largest absolute Gasteiger partial charge is 0.329 e. The first kappa shape index (κ1) is 17.8. The molecule has 0 bridgehead atoms. The standard InChI is InChI=1S/C10H15N3O4S.ClH/c1-8(6-11)12-18(16,17)7-9-2-4-10(5-3-9)13(14)15;/h2-5,8,12H,6-7,11H2,1H3;1H/t8-;/m1./s1. The maximum atomic E-state index is 11.7. The van der Waals surface area contributed by atoms with Crippen LogP contribution in [0.15, 0.2) is 24.3 Å². The van der Waals surface area contributed by atoms with Gasteiger partial charge in [0.05, 0.1) is 10.7 Å². The summed E-state index contributed by atoms with van der Waals surface area (Å²) in [6.07, 6.45) is 0. The van der Waals surface area contributed by atoms with Gasteiger partial charge in [0, 0.05) is 24.7 Å². The zero-order valence-corrected chi connectivity index (χ0v) is 11.9. The molecule has 19 heavy (non-hydrogen) atoms. The van der Waals surface area contributed by atoms with Crippen LogP contribution in [0.25, 0.3) is 0 Å². The fourth-order valence-corrected chi connectivity index (χ4v) is 2.75. The van der Waals surface area contributed by atoms with Gasteiger partial charge in [-0.25, -0.2) is 13.1 Å². The van der Waals surface area contributed by atoms with Crippen LogP contribution >= 0.6 is 12.4 Å². The van der Waals surface area contributed by atoms with Gasteiger partial charge in [-0.1, -0.05) is 12.1 Å². The average molecular weight is 310 g/mol. The smallest absolute Gasteiger partial charge is 0.269 e. The molecule has 0 fully saturated rings. The normalized spacial score (nSPS) is 12.5. The van der Waals surface area contributed by atoms with Gasteiger partial charge in [0.2, 0.25) is 10.0 Å². The minimum absolute atomic E-state index is 0. The maximum absolute atomic E-state index is 11.7. The van der Waals surface area contributed by atoms with Crippen molar-refractivity contribution in [2.75, 3.05) is 6.54 Å². The van der Waals surface area contributed by atoms with Crippen molar-refractivity contribution >= 4 is 28.1 Å². The minimum atomic E-state index is -3.48. The summed E-state index contributed by atoms with van der Waals surface area (Å²) in [5.74, 6) is -0.227. The summed E-state index contributed by atoms with van der Waals surface area (Å²) in [5.41, 5.74) is 5.74. The second-order valence-corrected chi connectivity index (χ2v) is 5.69. The Morgan fingerprint density at radius 3 is 2.32 bits per heavy atom. The van der Waals surface area contributed by atoms with E-state index in [1.165, 1.54) is 24.3 Å². The number of hydrogen-bond donors (Lipinski definition) is 2. The first-order valence-corrected chi connectivity index (χ1v) is 6.92. The van der Waals surface area contributed by atoms with E-state index in [-0.39, 0.29) is 36.4 Å². The molecule has 1 aromatic carbocycles. The highest BCUT2D eigenvalue weighted by Crippen LogP contribution is 2.13. The summed E-state index contributed by atoms with van der Waals surface area (Å²) >= 11 is 0. The molecule has 7 nitrogen and oxygen atoms in total. The van der Waals surface area contributed by atoms with Crippen molar-refractivity contribution in [2.24, 2.45) is 5.73 Å². The first-order valence-electron chi connectivity index (χ1n) is 5.27. The van der Waals surface area contributed by atoms with E-state index in [1.54, 1.807) is 6.92 Å². The number of nitro groups is 1. The second-order valence-electron chi connectivity index (χ2n) is 3.94. The lowest BCUT2D eigenvalue weighted by Gasteiger charge is -2.11. The van der Waals surface area contributed by atoms with E-state index >= 15 is 0 Å². The quantitative estimate of drug-likeness (QED) is 0.595. The summed E-state index contributed by atoms with van der Waals surface area (Å²) in [6, 6.07) is 5.05. The van der Waals surface area contributed by atoms with Crippen LogP contribution < -0.4 is 10.5 Å². The molecule has 0 aliphatic rings. The number of nitrogens with zero attached hydrogens (tertiary/aromatic N) is 1. The van der Waals surface area contributed by atoms with Crippen molar-refractivity contribution in [1.29, 1.82) is 0 Å². The Balaban J connectivity index is 0.00000324. The Morgan fingerprint density at radius 2 is 1.89 bits per heavy atom. The SMILES string of the molecule is C[C@H](CN)NS(=O)(=O)Cc1ccc([N+](=O)[O-])cc1.Cl. The molecule has 1 atom stereocenters. The summed E-state index contributed by atoms with van der Waals surface area (Å²) < 4.78 is 25.8. The van der Waals surface area contributed by atoms with E-state index < -0.39 is 14.9 Å². The molecular formula is C10H16ClN3O4S. The van der Waals surface area contributed by atoms with Crippen molar-refractivity contribution < 1.29 is 13.3 Å². The lowest BCUT2D eigenvalue weighted by molar-refractivity contribution is -0.384. The van der Waals surface area contributed by atoms with Gasteiger partial charge in [0.1, 0.15) is 0 Å². The third-order valence-electron chi connectivity index (χ3n) is 2.24. The van der Waals surface area contributed by atoms with E-state index in [4.69, 9.17) is 5.73 Å². The molecule has 0 radical (unpaired) electrons. The number of non-ortho nitro benzene ring substituents is 1. The molecule has 0 aromatic heterocycles. The summed E-state index contributed by atoms with van der Waals surface area (Å²) in [6.45, 7) is 1.87. The maximum Gasteiger partial charge on any atom is 0.269 e. The van der Waals surface area contributed by atoms with Crippen molar-refractivity contribution in [2.45, 2.75) is 18.7 Å². The predicted molar refractivity (Wildman–Crippen MR) is 74.6 cm³/mol. The molecule has 0 heterocycles. The molecule has 9 heteroatoms. The Morgan fingerprint density at radius 1 is 1.37 bits per heavy atom. The zero-order valence-electron chi connectivity index (χ0n) is 10.3. The van der Waals surface area contributed by atoms with E-state index in [0.29, 0.717) is 5.56 Å². The number of nitrogens with two attached hydrogens (primary N) is 1. The van der Waals surface area contributed by atoms with Crippen molar-refractivity contribution in [3.63, 3.8) is 0 Å². The lowest BCUT2D eigenvalue weighted by atomic mass is 10.2. The van der Waals surface area contributed by atoms with Gasteiger partial charge in [0.15, 0.2) is 0 Å². The van der Waals surface area contributed by atoms with Crippen molar-refractivity contribution in [3.8, 4) is 0 Å². The van der Waals surface area contributed by atoms with Crippen LogP contribution in [0, 0.1) is 10.1 Å². The predicted octanol–water partition coefficient (Wildman–Crippen LogP) is 0.783. The number of nitro benzene ring substituents is 1. The van der Waals surface area contributed by atoms with Crippen LogP contribution in [-0.4, -0.2) is 25.9 Å². The van der Waals surface area contributed by atoms with E-state index in [1.807, 2.05) is 0 Å². The Hall–Kier alpha value is -1.22. The first-order chi connectivity index (χ1) is 8.34. The molecular weight excluding hydrogens is 294 g/mol. The van der Waals surface area contributed by atoms with Crippen LogP contribution in [0.3, 0.4) is 0 Å². The second kappa shape index (κ2) is 7.39. The fraction of sp³-hybridized carbons (Fsp3) is 0.400. The molecule has 3 N–H and O–H groups in total. The minimum Gasteiger partial charge on any atom is -0.329 e. The molecule has 0 amide bonds. The van der Waals surface area contributed by atoms with E-state index in [2.05, 4.69) is 4.72 Å². The van der Waals surface area contributed by atoms with Gasteiger partial charge in [-0.15, -0.1) is 12.4 Å². The van der Waals surface area contributed by atoms with Gasteiger partial charge in [0.25, 0.3) is 5.69 Å². The molecule has 108 valence electrons. The molecule has 0 saturated carbocycles. The topological polar surface area (TPSA) is 115 Å². The highest BCUT2D eigenvalue weighted by Gasteiger charge is 2.15. The Labute approximate surface area is 117 Å². The van der Waals surface area contributed by atoms with Gasteiger partial charge < -0.3 is 5.73 Å². The molecule has 0 spiro atoms. The molecule has 0 saturated heterocycles. The Bertz CT molecular complexity index is 518. The molecule has 1 rings (SSSR count). The zero-order chi connectivity index (χ0) is 13.8. The van der Waals surface area contributed by atoms with Crippen LogP contribution in [0.5, 0.6) is 0 Å². The van der Waals surface area contributed by atoms with Gasteiger partial charge >= 0.3 is 0 Å². The van der Waals surface area contributed by atoms with Crippen LogP contribution in [0.2, 0.25) is 0 Å². The molecule has 0 unspecified atom stereocenters. The molecule has 0 aliphatic carbocycles. The monoisotopic (exact) mass is 309 g/mol. The van der Waals surface area contributed by atoms with Gasteiger partial charge in [-0.05, 0) is 12.5 Å². The summed E-state index contributed by atoms with van der Waals surface area (Å²) in [5, 5.41) is 10.4. The van der Waals surface area contributed by atoms with E-state index in [9.17, 15) is 18.5 Å². The van der Waals surface area contributed by atoms with Gasteiger partial charge in [-0.3, -0.25) is 10.1 Å². The third kappa shape index (κ3) is 5.97. The van der Waals surface area contributed by atoms with E-state index in [0.717, 1.165) is 0 Å². The highest BCUT2D eigenvalue weighted by atomic mass is 35.5. The number of sulfonamides is 1. The molecule has 0 aliphatic heterocycles. The number of rotatable bonds is 6. The number of nitrogens with one attached hydrogen (secondary N) is 1. The number of halogens is 1. The highest BCUT2D eigenvalue weighted by molar-refractivity contribution is 7.88. The van der Waals surface area contributed by atoms with Crippen LogP contribution in [0.1, 0.15) is 12.5 Å². The number of hydrogen-bond acceptors (Lipinski definition) is 5. The Kier molecular flexibility index (Phi) is 6.91. The number of benzene rings is 1. The van der Waals surface area contributed by atoms with Crippen molar-refractivity contribution in [1.82, 2.24) is 4.72 Å². The van der Waals surface area contributed by atoms with Crippen molar-refractivity contribution in [3.05, 3.63) is 39.9 Å². The van der Waals surface area contributed by atoms with Gasteiger partial charge in [-0.2, -0.15) is 0 Å². The summed E-state index contributed by atoms with van der Waals surface area (Å²) in [7, 11) is -3.48. The van der Waals surface area contributed by atoms with Crippen LogP contribution in [0.4, 0.5) is 5.69 Å². The fourth-order valence-electron chi connectivity index (χ4n) is 1.33. The lowest BCUT2D eigenvalue weighted by Crippen LogP contribution is -2.38. The average Bonchev–Trinajstić information content (AvgIpc) is 2.28. The third-order valence-corrected chi connectivity index (χ3v) is 3.71.